The van der Waals surface area contributed by atoms with Crippen LogP contribution in [0.3, 0.4) is 0 Å². The third-order valence-electron chi connectivity index (χ3n) is 3.87. The van der Waals surface area contributed by atoms with E-state index in [1.54, 1.807) is 6.92 Å². The molecule has 0 saturated carbocycles. The van der Waals surface area contributed by atoms with Crippen molar-refractivity contribution in [1.82, 2.24) is 10.3 Å². The number of benzene rings is 1. The lowest BCUT2D eigenvalue weighted by molar-refractivity contribution is 0.0944. The van der Waals surface area contributed by atoms with E-state index in [-0.39, 0.29) is 23.5 Å². The zero-order valence-corrected chi connectivity index (χ0v) is 14.6. The van der Waals surface area contributed by atoms with Crippen LogP contribution in [0.2, 0.25) is 0 Å². The van der Waals surface area contributed by atoms with Crippen LogP contribution < -0.4 is 5.32 Å². The number of aromatic nitrogens is 1. The highest BCUT2D eigenvalue weighted by Gasteiger charge is 2.30. The van der Waals surface area contributed by atoms with Crippen molar-refractivity contribution >= 4 is 27.1 Å². The summed E-state index contributed by atoms with van der Waals surface area (Å²) in [7, 11) is -3.00. The Morgan fingerprint density at radius 3 is 2.57 bits per heavy atom. The first-order chi connectivity index (χ1) is 10.8. The molecule has 1 amide bonds. The van der Waals surface area contributed by atoms with Gasteiger partial charge in [-0.25, -0.2) is 13.4 Å². The number of hydrogen-bond acceptors (Lipinski definition) is 5. The maximum Gasteiger partial charge on any atom is 0.263 e. The molecule has 0 aliphatic carbocycles. The minimum atomic E-state index is -3.00. The van der Waals surface area contributed by atoms with Gasteiger partial charge in [0, 0.05) is 11.6 Å². The van der Waals surface area contributed by atoms with Crippen LogP contribution in [0.15, 0.2) is 24.3 Å². The Labute approximate surface area is 139 Å². The maximum absolute atomic E-state index is 12.4. The van der Waals surface area contributed by atoms with Gasteiger partial charge in [0.25, 0.3) is 5.91 Å². The number of sulfone groups is 1. The van der Waals surface area contributed by atoms with E-state index >= 15 is 0 Å². The van der Waals surface area contributed by atoms with Gasteiger partial charge in [-0.2, -0.15) is 0 Å². The first-order valence-electron chi connectivity index (χ1n) is 7.40. The number of hydrogen-bond donors (Lipinski definition) is 1. The number of carbonyl (C=O) groups excluding carboxylic acids is 1. The quantitative estimate of drug-likeness (QED) is 0.922. The zero-order valence-electron chi connectivity index (χ0n) is 13.0. The third kappa shape index (κ3) is 3.61. The Hall–Kier alpha value is -1.73. The summed E-state index contributed by atoms with van der Waals surface area (Å²) in [6.45, 7) is 3.82. The van der Waals surface area contributed by atoms with Gasteiger partial charge in [-0.05, 0) is 20.3 Å². The molecule has 0 radical (unpaired) electrons. The standard InChI is InChI=1S/C16H18N2O3S2/c1-10-3-5-12(6-4-10)16-17-11(2)14(22-16)15(19)18-13-7-8-23(20,21)9-13/h3-6,13H,7-9H2,1-2H3,(H,18,19)/t13-/m0/s1. The molecule has 2 aromatic rings. The summed E-state index contributed by atoms with van der Waals surface area (Å²) in [4.78, 5) is 17.4. The van der Waals surface area contributed by atoms with Crippen molar-refractivity contribution in [3.63, 3.8) is 0 Å². The zero-order chi connectivity index (χ0) is 16.6. The van der Waals surface area contributed by atoms with Gasteiger partial charge in [-0.15, -0.1) is 11.3 Å². The molecule has 1 aromatic carbocycles. The molecular formula is C16H18N2O3S2. The molecule has 23 heavy (non-hydrogen) atoms. The molecule has 1 aliphatic heterocycles. The molecule has 122 valence electrons. The average molecular weight is 350 g/mol. The summed E-state index contributed by atoms with van der Waals surface area (Å²) >= 11 is 1.34. The molecule has 1 fully saturated rings. The Bertz CT molecular complexity index is 839. The predicted molar refractivity (Wildman–Crippen MR) is 91.5 cm³/mol. The van der Waals surface area contributed by atoms with Crippen LogP contribution in [-0.4, -0.2) is 36.9 Å². The van der Waals surface area contributed by atoms with E-state index in [2.05, 4.69) is 10.3 Å². The fourth-order valence-electron chi connectivity index (χ4n) is 2.59. The second kappa shape index (κ2) is 6.05. The van der Waals surface area contributed by atoms with Gasteiger partial charge in [-0.3, -0.25) is 4.79 Å². The van der Waals surface area contributed by atoms with Crippen molar-refractivity contribution in [3.8, 4) is 10.6 Å². The molecule has 5 nitrogen and oxygen atoms in total. The highest BCUT2D eigenvalue weighted by molar-refractivity contribution is 7.91. The van der Waals surface area contributed by atoms with E-state index in [0.717, 1.165) is 10.6 Å². The number of amides is 1. The summed E-state index contributed by atoms with van der Waals surface area (Å²) in [6.07, 6.45) is 0.483. The average Bonchev–Trinajstić information content (AvgIpc) is 3.02. The van der Waals surface area contributed by atoms with Gasteiger partial charge in [0.15, 0.2) is 9.84 Å². The third-order valence-corrected chi connectivity index (χ3v) is 6.84. The van der Waals surface area contributed by atoms with Crippen LogP contribution >= 0.6 is 11.3 Å². The van der Waals surface area contributed by atoms with E-state index in [1.807, 2.05) is 31.2 Å². The van der Waals surface area contributed by atoms with E-state index in [0.29, 0.717) is 17.0 Å². The van der Waals surface area contributed by atoms with Crippen molar-refractivity contribution < 1.29 is 13.2 Å². The van der Waals surface area contributed by atoms with E-state index in [4.69, 9.17) is 0 Å². The SMILES string of the molecule is Cc1ccc(-c2nc(C)c(C(=O)N[C@H]3CCS(=O)(=O)C3)s2)cc1. The van der Waals surface area contributed by atoms with Gasteiger partial charge >= 0.3 is 0 Å². The van der Waals surface area contributed by atoms with Crippen LogP contribution in [0.1, 0.15) is 27.3 Å². The molecule has 7 heteroatoms. The molecule has 1 saturated heterocycles. The predicted octanol–water partition coefficient (Wildman–Crippen LogP) is 2.34. The molecule has 0 unspecified atom stereocenters. The van der Waals surface area contributed by atoms with Crippen molar-refractivity contribution in [2.24, 2.45) is 0 Å². The maximum atomic E-state index is 12.4. The van der Waals surface area contributed by atoms with Crippen LogP contribution in [-0.2, 0) is 9.84 Å². The fraction of sp³-hybridized carbons (Fsp3) is 0.375. The Morgan fingerprint density at radius 2 is 1.96 bits per heavy atom. The molecule has 0 spiro atoms. The Morgan fingerprint density at radius 1 is 1.26 bits per heavy atom. The van der Waals surface area contributed by atoms with Gasteiger partial charge in [-0.1, -0.05) is 29.8 Å². The second-order valence-corrected chi connectivity index (χ2v) is 9.10. The minimum absolute atomic E-state index is 0.0292. The highest BCUT2D eigenvalue weighted by Crippen LogP contribution is 2.28. The van der Waals surface area contributed by atoms with Crippen LogP contribution in [0, 0.1) is 13.8 Å². The largest absolute Gasteiger partial charge is 0.347 e. The lowest BCUT2D eigenvalue weighted by Gasteiger charge is -2.09. The summed E-state index contributed by atoms with van der Waals surface area (Å²) < 4.78 is 23.0. The number of rotatable bonds is 3. The van der Waals surface area contributed by atoms with Crippen molar-refractivity contribution in [2.45, 2.75) is 26.3 Å². The van der Waals surface area contributed by atoms with Crippen molar-refractivity contribution in [1.29, 1.82) is 0 Å². The number of carbonyl (C=O) groups is 1. The van der Waals surface area contributed by atoms with Crippen LogP contribution in [0.4, 0.5) is 0 Å². The Balaban J connectivity index is 1.78. The first-order valence-corrected chi connectivity index (χ1v) is 10.0. The summed E-state index contributed by atoms with van der Waals surface area (Å²) in [5.74, 6) is -0.0594. The number of nitrogens with one attached hydrogen (secondary N) is 1. The molecule has 3 rings (SSSR count). The van der Waals surface area contributed by atoms with Gasteiger partial charge in [0.1, 0.15) is 9.88 Å². The second-order valence-electron chi connectivity index (χ2n) is 5.87. The molecule has 0 bridgehead atoms. The summed E-state index contributed by atoms with van der Waals surface area (Å²) in [5, 5.41) is 3.62. The highest BCUT2D eigenvalue weighted by atomic mass is 32.2. The summed E-state index contributed by atoms with van der Waals surface area (Å²) in [5.41, 5.74) is 2.82. The smallest absolute Gasteiger partial charge is 0.263 e. The van der Waals surface area contributed by atoms with Gasteiger partial charge in [0.05, 0.1) is 17.2 Å². The molecule has 1 aromatic heterocycles. The fourth-order valence-corrected chi connectivity index (χ4v) is 5.23. The summed E-state index contributed by atoms with van der Waals surface area (Å²) in [6, 6.07) is 7.69. The monoisotopic (exact) mass is 350 g/mol. The lowest BCUT2D eigenvalue weighted by atomic mass is 10.2. The topological polar surface area (TPSA) is 76.1 Å². The number of nitrogens with zero attached hydrogens (tertiary/aromatic N) is 1. The number of aryl methyl sites for hydroxylation is 2. The molecule has 2 heterocycles. The lowest BCUT2D eigenvalue weighted by Crippen LogP contribution is -2.35. The van der Waals surface area contributed by atoms with Gasteiger partial charge in [0.2, 0.25) is 0 Å². The Kier molecular flexibility index (Phi) is 4.25. The molecule has 1 N–H and O–H groups in total. The van der Waals surface area contributed by atoms with Crippen molar-refractivity contribution in [3.05, 3.63) is 40.4 Å². The van der Waals surface area contributed by atoms with Crippen LogP contribution in [0.5, 0.6) is 0 Å². The normalized spacial score (nSPS) is 19.7. The van der Waals surface area contributed by atoms with Crippen molar-refractivity contribution in [2.75, 3.05) is 11.5 Å². The van der Waals surface area contributed by atoms with E-state index < -0.39 is 9.84 Å². The number of thiazole rings is 1. The minimum Gasteiger partial charge on any atom is -0.347 e. The van der Waals surface area contributed by atoms with E-state index in [9.17, 15) is 13.2 Å². The molecular weight excluding hydrogens is 332 g/mol. The first kappa shape index (κ1) is 16.1. The molecule has 1 aliphatic rings. The van der Waals surface area contributed by atoms with Crippen LogP contribution in [0.25, 0.3) is 10.6 Å². The van der Waals surface area contributed by atoms with E-state index in [1.165, 1.54) is 16.9 Å². The van der Waals surface area contributed by atoms with Gasteiger partial charge < -0.3 is 5.32 Å². The molecule has 1 atom stereocenters.